The number of benzene rings is 1. The lowest BCUT2D eigenvalue weighted by atomic mass is 9.99. The summed E-state index contributed by atoms with van der Waals surface area (Å²) in [6.07, 6.45) is 4.67. The standard InChI is InChI=1S/C15H21BrClNO/c1-3-5-7-11(4-2)10-18-15(19)12-8-6-9-13(16)14(12)17/h6,8-9,11H,3-5,7,10H2,1-2H3,(H,18,19). The van der Waals surface area contributed by atoms with Crippen LogP contribution in [-0.4, -0.2) is 12.5 Å². The van der Waals surface area contributed by atoms with E-state index in [1.807, 2.05) is 12.1 Å². The second kappa shape index (κ2) is 8.60. The third-order valence-corrected chi connectivity index (χ3v) is 4.59. The molecular formula is C15H21BrClNO. The quantitative estimate of drug-likeness (QED) is 0.735. The van der Waals surface area contributed by atoms with Crippen LogP contribution in [0, 0.1) is 5.92 Å². The fourth-order valence-electron chi connectivity index (χ4n) is 1.95. The van der Waals surface area contributed by atoms with Gasteiger partial charge in [0.25, 0.3) is 5.91 Å². The SMILES string of the molecule is CCCCC(CC)CNC(=O)c1cccc(Br)c1Cl. The molecule has 0 spiro atoms. The molecule has 1 atom stereocenters. The van der Waals surface area contributed by atoms with Gasteiger partial charge in [-0.1, -0.05) is 50.8 Å². The maximum atomic E-state index is 12.1. The maximum Gasteiger partial charge on any atom is 0.252 e. The predicted molar refractivity (Wildman–Crippen MR) is 84.8 cm³/mol. The van der Waals surface area contributed by atoms with E-state index in [1.54, 1.807) is 6.07 Å². The smallest absolute Gasteiger partial charge is 0.252 e. The van der Waals surface area contributed by atoms with Crippen LogP contribution in [0.2, 0.25) is 5.02 Å². The van der Waals surface area contributed by atoms with Crippen molar-refractivity contribution in [1.82, 2.24) is 5.32 Å². The summed E-state index contributed by atoms with van der Waals surface area (Å²) in [7, 11) is 0. The lowest BCUT2D eigenvalue weighted by Gasteiger charge is -2.15. The lowest BCUT2D eigenvalue weighted by Crippen LogP contribution is -2.29. The molecule has 1 unspecified atom stereocenters. The highest BCUT2D eigenvalue weighted by Crippen LogP contribution is 2.25. The molecule has 106 valence electrons. The number of hydrogen-bond donors (Lipinski definition) is 1. The number of rotatable bonds is 7. The Bertz CT molecular complexity index is 423. The van der Waals surface area contributed by atoms with Gasteiger partial charge >= 0.3 is 0 Å². The average molecular weight is 347 g/mol. The molecule has 19 heavy (non-hydrogen) atoms. The molecule has 0 aliphatic carbocycles. The molecule has 0 bridgehead atoms. The van der Waals surface area contributed by atoms with E-state index in [0.717, 1.165) is 17.4 Å². The van der Waals surface area contributed by atoms with Crippen LogP contribution in [0.4, 0.5) is 0 Å². The van der Waals surface area contributed by atoms with Crippen LogP contribution in [0.25, 0.3) is 0 Å². The molecule has 0 aromatic heterocycles. The molecule has 1 aromatic carbocycles. The molecule has 2 nitrogen and oxygen atoms in total. The summed E-state index contributed by atoms with van der Waals surface area (Å²) in [5, 5.41) is 3.46. The van der Waals surface area contributed by atoms with E-state index in [9.17, 15) is 4.79 Å². The zero-order chi connectivity index (χ0) is 14.3. The van der Waals surface area contributed by atoms with Gasteiger partial charge < -0.3 is 5.32 Å². The van der Waals surface area contributed by atoms with Crippen molar-refractivity contribution >= 4 is 33.4 Å². The fraction of sp³-hybridized carbons (Fsp3) is 0.533. The van der Waals surface area contributed by atoms with Crippen molar-refractivity contribution in [3.8, 4) is 0 Å². The van der Waals surface area contributed by atoms with Crippen LogP contribution in [0.3, 0.4) is 0 Å². The first kappa shape index (κ1) is 16.5. The minimum atomic E-state index is -0.0961. The van der Waals surface area contributed by atoms with Gasteiger partial charge in [0.05, 0.1) is 10.6 Å². The third-order valence-electron chi connectivity index (χ3n) is 3.29. The highest BCUT2D eigenvalue weighted by atomic mass is 79.9. The number of carbonyl (C=O) groups is 1. The van der Waals surface area contributed by atoms with Crippen molar-refractivity contribution < 1.29 is 4.79 Å². The summed E-state index contributed by atoms with van der Waals surface area (Å²) in [6.45, 7) is 5.07. The number of halogens is 2. The van der Waals surface area contributed by atoms with E-state index >= 15 is 0 Å². The molecule has 0 saturated heterocycles. The molecule has 1 N–H and O–H groups in total. The van der Waals surface area contributed by atoms with Crippen molar-refractivity contribution in [2.45, 2.75) is 39.5 Å². The van der Waals surface area contributed by atoms with E-state index in [1.165, 1.54) is 19.3 Å². The van der Waals surface area contributed by atoms with Crippen LogP contribution >= 0.6 is 27.5 Å². The molecule has 0 fully saturated rings. The number of carbonyl (C=O) groups excluding carboxylic acids is 1. The molecule has 0 aliphatic heterocycles. The van der Waals surface area contributed by atoms with Crippen molar-refractivity contribution in [3.05, 3.63) is 33.3 Å². The summed E-state index contributed by atoms with van der Waals surface area (Å²) in [5.74, 6) is 0.455. The van der Waals surface area contributed by atoms with E-state index in [-0.39, 0.29) is 5.91 Å². The van der Waals surface area contributed by atoms with Crippen LogP contribution in [-0.2, 0) is 0 Å². The molecule has 1 amide bonds. The Morgan fingerprint density at radius 2 is 2.16 bits per heavy atom. The van der Waals surface area contributed by atoms with Gasteiger partial charge in [0.1, 0.15) is 0 Å². The Labute approximate surface area is 129 Å². The van der Waals surface area contributed by atoms with Gasteiger partial charge in [-0.05, 0) is 40.4 Å². The summed E-state index contributed by atoms with van der Waals surface area (Å²) < 4.78 is 0.750. The van der Waals surface area contributed by atoms with Crippen molar-refractivity contribution in [1.29, 1.82) is 0 Å². The van der Waals surface area contributed by atoms with E-state index in [0.29, 0.717) is 16.5 Å². The minimum Gasteiger partial charge on any atom is -0.352 e. The molecular weight excluding hydrogens is 326 g/mol. The largest absolute Gasteiger partial charge is 0.352 e. The highest BCUT2D eigenvalue weighted by molar-refractivity contribution is 9.10. The van der Waals surface area contributed by atoms with Gasteiger partial charge in [-0.2, -0.15) is 0 Å². The number of unbranched alkanes of at least 4 members (excludes halogenated alkanes) is 1. The van der Waals surface area contributed by atoms with Gasteiger partial charge in [-0.3, -0.25) is 4.79 Å². The monoisotopic (exact) mass is 345 g/mol. The molecule has 4 heteroatoms. The normalized spacial score (nSPS) is 12.2. The molecule has 0 saturated carbocycles. The van der Waals surface area contributed by atoms with Gasteiger partial charge in [-0.25, -0.2) is 0 Å². The van der Waals surface area contributed by atoms with E-state index < -0.39 is 0 Å². The van der Waals surface area contributed by atoms with Crippen LogP contribution in [0.1, 0.15) is 49.9 Å². The van der Waals surface area contributed by atoms with Crippen molar-refractivity contribution in [3.63, 3.8) is 0 Å². The summed E-state index contributed by atoms with van der Waals surface area (Å²) in [5.41, 5.74) is 0.529. The molecule has 0 radical (unpaired) electrons. The lowest BCUT2D eigenvalue weighted by molar-refractivity contribution is 0.0946. The fourth-order valence-corrected chi connectivity index (χ4v) is 2.53. The Morgan fingerprint density at radius 1 is 1.42 bits per heavy atom. The summed E-state index contributed by atoms with van der Waals surface area (Å²) >= 11 is 9.44. The zero-order valence-electron chi connectivity index (χ0n) is 11.5. The van der Waals surface area contributed by atoms with Crippen molar-refractivity contribution in [2.24, 2.45) is 5.92 Å². The first-order chi connectivity index (χ1) is 9.10. The molecule has 1 aromatic rings. The Kier molecular flexibility index (Phi) is 7.47. The van der Waals surface area contributed by atoms with Crippen LogP contribution in [0.15, 0.2) is 22.7 Å². The zero-order valence-corrected chi connectivity index (χ0v) is 13.9. The summed E-state index contributed by atoms with van der Waals surface area (Å²) in [6, 6.07) is 5.39. The van der Waals surface area contributed by atoms with Gasteiger partial charge in [0.15, 0.2) is 0 Å². The molecule has 0 aliphatic rings. The summed E-state index contributed by atoms with van der Waals surface area (Å²) in [4.78, 5) is 12.1. The van der Waals surface area contributed by atoms with Crippen LogP contribution < -0.4 is 5.32 Å². The van der Waals surface area contributed by atoms with Gasteiger partial charge in [0.2, 0.25) is 0 Å². The van der Waals surface area contributed by atoms with E-state index in [4.69, 9.17) is 11.6 Å². The first-order valence-electron chi connectivity index (χ1n) is 6.82. The minimum absolute atomic E-state index is 0.0961. The second-order valence-corrected chi connectivity index (χ2v) is 5.96. The van der Waals surface area contributed by atoms with E-state index in [2.05, 4.69) is 35.1 Å². The molecule has 1 rings (SSSR count). The average Bonchev–Trinajstić information content (AvgIpc) is 2.42. The van der Waals surface area contributed by atoms with Gasteiger partial charge in [-0.15, -0.1) is 0 Å². The number of nitrogens with one attached hydrogen (secondary N) is 1. The first-order valence-corrected chi connectivity index (χ1v) is 7.99. The Morgan fingerprint density at radius 3 is 2.79 bits per heavy atom. The Balaban J connectivity index is 2.57. The molecule has 0 heterocycles. The van der Waals surface area contributed by atoms with Crippen LogP contribution in [0.5, 0.6) is 0 Å². The predicted octanol–water partition coefficient (Wildman–Crippen LogP) is 5.05. The second-order valence-electron chi connectivity index (χ2n) is 4.73. The third kappa shape index (κ3) is 5.15. The topological polar surface area (TPSA) is 29.1 Å². The number of hydrogen-bond acceptors (Lipinski definition) is 1. The van der Waals surface area contributed by atoms with Gasteiger partial charge in [0, 0.05) is 11.0 Å². The highest BCUT2D eigenvalue weighted by Gasteiger charge is 2.13. The maximum absolute atomic E-state index is 12.1. The Hall–Kier alpha value is -0.540. The number of amides is 1. The van der Waals surface area contributed by atoms with Crippen molar-refractivity contribution in [2.75, 3.05) is 6.54 Å².